The van der Waals surface area contributed by atoms with E-state index in [0.29, 0.717) is 19.0 Å². The summed E-state index contributed by atoms with van der Waals surface area (Å²) in [6, 6.07) is 17.7. The fourth-order valence-corrected chi connectivity index (χ4v) is 2.43. The lowest BCUT2D eigenvalue weighted by atomic mass is 10.2. The van der Waals surface area contributed by atoms with Crippen molar-refractivity contribution in [2.24, 2.45) is 4.99 Å². The van der Waals surface area contributed by atoms with Crippen LogP contribution in [0.25, 0.3) is 0 Å². The first kappa shape index (κ1) is 20.3. The molecule has 0 heterocycles. The molecule has 0 aliphatic carbocycles. The molecule has 1 amide bonds. The number of benzene rings is 2. The predicted molar refractivity (Wildman–Crippen MR) is 109 cm³/mol. The Labute approximate surface area is 161 Å². The smallest absolute Gasteiger partial charge is 0.239 e. The SMILES string of the molecule is CN=C(NCC(=O)NCc1ccccc1)NCC(C)Oc1ccccc1C. The summed E-state index contributed by atoms with van der Waals surface area (Å²) in [4.78, 5) is 16.1. The number of ether oxygens (including phenoxy) is 1. The van der Waals surface area contributed by atoms with Crippen LogP contribution < -0.4 is 20.7 Å². The molecule has 6 nitrogen and oxygen atoms in total. The van der Waals surface area contributed by atoms with Crippen LogP contribution in [0.1, 0.15) is 18.1 Å². The zero-order chi connectivity index (χ0) is 19.5. The number of hydrogen-bond donors (Lipinski definition) is 3. The van der Waals surface area contributed by atoms with E-state index < -0.39 is 0 Å². The van der Waals surface area contributed by atoms with E-state index in [2.05, 4.69) is 20.9 Å². The van der Waals surface area contributed by atoms with Gasteiger partial charge in [0.2, 0.25) is 5.91 Å². The third kappa shape index (κ3) is 7.40. The van der Waals surface area contributed by atoms with Crippen LogP contribution in [0.5, 0.6) is 5.75 Å². The molecule has 0 aromatic heterocycles. The van der Waals surface area contributed by atoms with E-state index in [4.69, 9.17) is 4.74 Å². The standard InChI is InChI=1S/C21H28N4O2/c1-16-9-7-8-12-19(16)27-17(2)13-24-21(22-3)25-15-20(26)23-14-18-10-5-4-6-11-18/h4-12,17H,13-15H2,1-3H3,(H,23,26)(H2,22,24,25). The van der Waals surface area contributed by atoms with Crippen LogP contribution in [0, 0.1) is 6.92 Å². The minimum absolute atomic E-state index is 0.0449. The topological polar surface area (TPSA) is 74.8 Å². The molecule has 144 valence electrons. The highest BCUT2D eigenvalue weighted by molar-refractivity contribution is 5.86. The van der Waals surface area contributed by atoms with Gasteiger partial charge in [-0.25, -0.2) is 0 Å². The zero-order valence-electron chi connectivity index (χ0n) is 16.2. The average Bonchev–Trinajstić information content (AvgIpc) is 2.69. The van der Waals surface area contributed by atoms with Crippen LogP contribution in [0.2, 0.25) is 0 Å². The van der Waals surface area contributed by atoms with Crippen LogP contribution in [-0.2, 0) is 11.3 Å². The Morgan fingerprint density at radius 3 is 2.44 bits per heavy atom. The van der Waals surface area contributed by atoms with Gasteiger partial charge in [-0.3, -0.25) is 9.79 Å². The fraction of sp³-hybridized carbons (Fsp3) is 0.333. The fourth-order valence-electron chi connectivity index (χ4n) is 2.43. The lowest BCUT2D eigenvalue weighted by molar-refractivity contribution is -0.120. The highest BCUT2D eigenvalue weighted by Gasteiger charge is 2.08. The van der Waals surface area contributed by atoms with Crippen LogP contribution in [0.4, 0.5) is 0 Å². The molecule has 27 heavy (non-hydrogen) atoms. The molecule has 1 unspecified atom stereocenters. The number of aliphatic imine (C=N–C) groups is 1. The molecule has 3 N–H and O–H groups in total. The summed E-state index contributed by atoms with van der Waals surface area (Å²) in [7, 11) is 1.67. The summed E-state index contributed by atoms with van der Waals surface area (Å²) in [5, 5.41) is 9.05. The van der Waals surface area contributed by atoms with Gasteiger partial charge >= 0.3 is 0 Å². The monoisotopic (exact) mass is 368 g/mol. The zero-order valence-corrected chi connectivity index (χ0v) is 16.2. The van der Waals surface area contributed by atoms with E-state index in [1.165, 1.54) is 0 Å². The van der Waals surface area contributed by atoms with E-state index in [1.807, 2.05) is 68.4 Å². The highest BCUT2D eigenvalue weighted by Crippen LogP contribution is 2.17. The molecule has 0 saturated carbocycles. The Morgan fingerprint density at radius 1 is 1.04 bits per heavy atom. The normalized spacial score (nSPS) is 12.2. The van der Waals surface area contributed by atoms with Crippen LogP contribution >= 0.6 is 0 Å². The van der Waals surface area contributed by atoms with Gasteiger partial charge in [0.15, 0.2) is 5.96 Å². The minimum Gasteiger partial charge on any atom is -0.489 e. The first-order chi connectivity index (χ1) is 13.1. The maximum atomic E-state index is 12.0. The molecule has 0 fully saturated rings. The van der Waals surface area contributed by atoms with E-state index in [-0.39, 0.29) is 18.6 Å². The third-order valence-electron chi connectivity index (χ3n) is 3.95. The van der Waals surface area contributed by atoms with Gasteiger partial charge in [-0.1, -0.05) is 48.5 Å². The number of para-hydroxylation sites is 1. The van der Waals surface area contributed by atoms with Crippen molar-refractivity contribution in [3.63, 3.8) is 0 Å². The van der Waals surface area contributed by atoms with Crippen molar-refractivity contribution in [3.8, 4) is 5.75 Å². The second-order valence-electron chi connectivity index (χ2n) is 6.26. The Hall–Kier alpha value is -3.02. The van der Waals surface area contributed by atoms with Gasteiger partial charge in [0.05, 0.1) is 13.1 Å². The molecule has 0 bridgehead atoms. The Balaban J connectivity index is 1.69. The summed E-state index contributed by atoms with van der Waals surface area (Å²) in [5.74, 6) is 1.34. The number of nitrogens with zero attached hydrogens (tertiary/aromatic N) is 1. The van der Waals surface area contributed by atoms with Gasteiger partial charge < -0.3 is 20.7 Å². The van der Waals surface area contributed by atoms with Crippen molar-refractivity contribution >= 4 is 11.9 Å². The van der Waals surface area contributed by atoms with E-state index >= 15 is 0 Å². The third-order valence-corrected chi connectivity index (χ3v) is 3.95. The number of nitrogens with one attached hydrogen (secondary N) is 3. The maximum Gasteiger partial charge on any atom is 0.239 e. The number of amides is 1. The lowest BCUT2D eigenvalue weighted by Gasteiger charge is -2.18. The number of carbonyl (C=O) groups is 1. The molecule has 2 aromatic carbocycles. The van der Waals surface area contributed by atoms with Gasteiger partial charge in [0, 0.05) is 13.6 Å². The average molecular weight is 368 g/mol. The van der Waals surface area contributed by atoms with Crippen molar-refractivity contribution in [1.29, 1.82) is 0 Å². The Morgan fingerprint density at radius 2 is 1.74 bits per heavy atom. The molecule has 0 aliphatic rings. The second-order valence-corrected chi connectivity index (χ2v) is 6.26. The van der Waals surface area contributed by atoms with Crippen LogP contribution in [0.3, 0.4) is 0 Å². The van der Waals surface area contributed by atoms with E-state index in [9.17, 15) is 4.79 Å². The van der Waals surface area contributed by atoms with Crippen molar-refractivity contribution in [2.45, 2.75) is 26.5 Å². The summed E-state index contributed by atoms with van der Waals surface area (Å²) in [5.41, 5.74) is 2.16. The number of rotatable bonds is 8. The summed E-state index contributed by atoms with van der Waals surface area (Å²) in [6.45, 7) is 5.23. The molecule has 1 atom stereocenters. The highest BCUT2D eigenvalue weighted by atomic mass is 16.5. The lowest BCUT2D eigenvalue weighted by Crippen LogP contribution is -2.45. The van der Waals surface area contributed by atoms with Gasteiger partial charge in [0.25, 0.3) is 0 Å². The van der Waals surface area contributed by atoms with Gasteiger partial charge in [-0.15, -0.1) is 0 Å². The molecule has 0 spiro atoms. The summed E-state index contributed by atoms with van der Waals surface area (Å²) < 4.78 is 5.93. The molecule has 0 saturated heterocycles. The molecular formula is C21H28N4O2. The van der Waals surface area contributed by atoms with Gasteiger partial charge in [0.1, 0.15) is 11.9 Å². The minimum atomic E-state index is -0.0917. The largest absolute Gasteiger partial charge is 0.489 e. The summed E-state index contributed by atoms with van der Waals surface area (Å²) in [6.07, 6.45) is -0.0449. The Bertz CT molecular complexity index is 747. The van der Waals surface area contributed by atoms with Crippen molar-refractivity contribution in [1.82, 2.24) is 16.0 Å². The summed E-state index contributed by atoms with van der Waals surface area (Å²) >= 11 is 0. The van der Waals surface area contributed by atoms with Gasteiger partial charge in [-0.05, 0) is 31.0 Å². The molecule has 2 aromatic rings. The van der Waals surface area contributed by atoms with Crippen molar-refractivity contribution in [3.05, 3.63) is 65.7 Å². The number of guanidine groups is 1. The molecule has 0 aliphatic heterocycles. The Kier molecular flexibility index (Phi) is 8.16. The quantitative estimate of drug-likeness (QED) is 0.493. The van der Waals surface area contributed by atoms with E-state index in [0.717, 1.165) is 16.9 Å². The molecule has 0 radical (unpaired) electrons. The van der Waals surface area contributed by atoms with Gasteiger partial charge in [-0.2, -0.15) is 0 Å². The second kappa shape index (κ2) is 10.9. The molecular weight excluding hydrogens is 340 g/mol. The number of aryl methyl sites for hydroxylation is 1. The predicted octanol–water partition coefficient (Wildman–Crippen LogP) is 2.24. The maximum absolute atomic E-state index is 12.0. The van der Waals surface area contributed by atoms with Crippen LogP contribution in [-0.4, -0.2) is 38.1 Å². The number of carbonyl (C=O) groups excluding carboxylic acids is 1. The van der Waals surface area contributed by atoms with Crippen molar-refractivity contribution in [2.75, 3.05) is 20.1 Å². The number of hydrogen-bond acceptors (Lipinski definition) is 3. The molecule has 6 heteroatoms. The van der Waals surface area contributed by atoms with E-state index in [1.54, 1.807) is 7.05 Å². The first-order valence-corrected chi connectivity index (χ1v) is 9.06. The van der Waals surface area contributed by atoms with Crippen LogP contribution in [0.15, 0.2) is 59.6 Å². The van der Waals surface area contributed by atoms with Crippen molar-refractivity contribution < 1.29 is 9.53 Å². The first-order valence-electron chi connectivity index (χ1n) is 9.06. The molecule has 2 rings (SSSR count).